The number of hydrogen-bond acceptors (Lipinski definition) is 3. The molecule has 3 heteroatoms. The van der Waals surface area contributed by atoms with Gasteiger partial charge in [0.15, 0.2) is 0 Å². The Kier molecular flexibility index (Phi) is 4.26. The lowest BCUT2D eigenvalue weighted by Crippen LogP contribution is -2.33. The monoisotopic (exact) mass is 272 g/mol. The molecule has 0 bridgehead atoms. The zero-order valence-electron chi connectivity index (χ0n) is 11.2. The third-order valence-corrected chi connectivity index (χ3v) is 4.70. The van der Waals surface area contributed by atoms with Crippen molar-refractivity contribution in [2.24, 2.45) is 5.92 Å². The molecule has 2 aromatic rings. The number of likely N-dealkylation sites (tertiary alicyclic amines) is 1. The summed E-state index contributed by atoms with van der Waals surface area (Å²) in [6.07, 6.45) is 5.90. The molecule has 100 valence electrons. The van der Waals surface area contributed by atoms with Crippen molar-refractivity contribution in [3.8, 4) is 0 Å². The Morgan fingerprint density at radius 1 is 1.16 bits per heavy atom. The van der Waals surface area contributed by atoms with E-state index in [-0.39, 0.29) is 0 Å². The summed E-state index contributed by atoms with van der Waals surface area (Å²) in [5, 5.41) is 0. The summed E-state index contributed by atoms with van der Waals surface area (Å²) >= 11 is 1.77. The summed E-state index contributed by atoms with van der Waals surface area (Å²) in [6, 6.07) is 10.9. The molecule has 0 unspecified atom stereocenters. The summed E-state index contributed by atoms with van der Waals surface area (Å²) in [5.41, 5.74) is 3.42. The highest BCUT2D eigenvalue weighted by Gasteiger charge is 2.19. The Morgan fingerprint density at radius 2 is 1.95 bits per heavy atom. The second-order valence-corrected chi connectivity index (χ2v) is 6.35. The van der Waals surface area contributed by atoms with Crippen molar-refractivity contribution >= 4 is 11.3 Å². The van der Waals surface area contributed by atoms with Crippen LogP contribution in [0.25, 0.3) is 0 Å². The topological polar surface area (TPSA) is 16.1 Å². The first kappa shape index (κ1) is 12.8. The van der Waals surface area contributed by atoms with Crippen LogP contribution >= 0.6 is 11.3 Å². The standard InChI is InChI=1S/C16H20N2S/c1-2-4-14(5-3-1)10-15-6-8-18(9-7-15)12-16-11-17-13-19-16/h1-5,11,13,15H,6-10,12H2. The highest BCUT2D eigenvalue weighted by Crippen LogP contribution is 2.23. The van der Waals surface area contributed by atoms with Gasteiger partial charge in [-0.2, -0.15) is 0 Å². The molecular weight excluding hydrogens is 252 g/mol. The third kappa shape index (κ3) is 3.64. The first-order valence-corrected chi connectivity index (χ1v) is 7.92. The van der Waals surface area contributed by atoms with Crippen LogP contribution in [-0.2, 0) is 13.0 Å². The minimum absolute atomic E-state index is 0.861. The van der Waals surface area contributed by atoms with Crippen LogP contribution in [0.2, 0.25) is 0 Å². The molecule has 1 aromatic carbocycles. The van der Waals surface area contributed by atoms with E-state index in [0.29, 0.717) is 0 Å². The van der Waals surface area contributed by atoms with Gasteiger partial charge in [0.1, 0.15) is 0 Å². The summed E-state index contributed by atoms with van der Waals surface area (Å²) in [6.45, 7) is 3.55. The molecule has 1 aliphatic rings. The Hall–Kier alpha value is -1.19. The largest absolute Gasteiger partial charge is 0.298 e. The SMILES string of the molecule is c1ccc(CC2CCN(Cc3cncs3)CC2)cc1. The fourth-order valence-electron chi connectivity index (χ4n) is 2.84. The predicted octanol–water partition coefficient (Wildman–Crippen LogP) is 3.60. The van der Waals surface area contributed by atoms with Crippen LogP contribution in [0.3, 0.4) is 0 Å². The van der Waals surface area contributed by atoms with Gasteiger partial charge in [0.05, 0.1) is 5.51 Å². The predicted molar refractivity (Wildman–Crippen MR) is 80.3 cm³/mol. The highest BCUT2D eigenvalue weighted by atomic mass is 32.1. The molecule has 2 heterocycles. The van der Waals surface area contributed by atoms with Crippen molar-refractivity contribution in [3.05, 3.63) is 52.5 Å². The van der Waals surface area contributed by atoms with Gasteiger partial charge in [-0.15, -0.1) is 11.3 Å². The summed E-state index contributed by atoms with van der Waals surface area (Å²) in [4.78, 5) is 8.11. The molecule has 0 atom stereocenters. The molecule has 1 aromatic heterocycles. The first-order chi connectivity index (χ1) is 9.40. The molecule has 0 saturated carbocycles. The Bertz CT molecular complexity index is 473. The number of piperidine rings is 1. The van der Waals surface area contributed by atoms with Crippen molar-refractivity contribution in [2.45, 2.75) is 25.8 Å². The van der Waals surface area contributed by atoms with E-state index in [9.17, 15) is 0 Å². The van der Waals surface area contributed by atoms with Crippen LogP contribution in [0.5, 0.6) is 0 Å². The summed E-state index contributed by atoms with van der Waals surface area (Å²) < 4.78 is 0. The van der Waals surface area contributed by atoms with Crippen molar-refractivity contribution in [1.29, 1.82) is 0 Å². The van der Waals surface area contributed by atoms with Gasteiger partial charge in [-0.1, -0.05) is 30.3 Å². The minimum atomic E-state index is 0.861. The molecule has 19 heavy (non-hydrogen) atoms. The molecule has 1 fully saturated rings. The lowest BCUT2D eigenvalue weighted by molar-refractivity contribution is 0.178. The van der Waals surface area contributed by atoms with Crippen molar-refractivity contribution in [3.63, 3.8) is 0 Å². The molecule has 0 aliphatic carbocycles. The van der Waals surface area contributed by atoms with Gasteiger partial charge >= 0.3 is 0 Å². The minimum Gasteiger partial charge on any atom is -0.298 e. The molecule has 2 nitrogen and oxygen atoms in total. The number of nitrogens with zero attached hydrogens (tertiary/aromatic N) is 2. The maximum absolute atomic E-state index is 4.15. The van der Waals surface area contributed by atoms with Crippen LogP contribution in [0.15, 0.2) is 42.0 Å². The molecule has 0 radical (unpaired) electrons. The van der Waals surface area contributed by atoms with E-state index in [4.69, 9.17) is 0 Å². The zero-order chi connectivity index (χ0) is 12.9. The van der Waals surface area contributed by atoms with E-state index in [1.54, 1.807) is 11.3 Å². The Morgan fingerprint density at radius 3 is 2.63 bits per heavy atom. The fourth-order valence-corrected chi connectivity index (χ4v) is 3.47. The molecule has 0 amide bonds. The average Bonchev–Trinajstić information content (AvgIpc) is 2.95. The van der Waals surface area contributed by atoms with Crippen molar-refractivity contribution < 1.29 is 0 Å². The van der Waals surface area contributed by atoms with Gasteiger partial charge in [0.25, 0.3) is 0 Å². The first-order valence-electron chi connectivity index (χ1n) is 7.04. The number of aromatic nitrogens is 1. The van der Waals surface area contributed by atoms with Gasteiger partial charge in [0.2, 0.25) is 0 Å². The number of hydrogen-bond donors (Lipinski definition) is 0. The third-order valence-electron chi connectivity index (χ3n) is 3.94. The summed E-state index contributed by atoms with van der Waals surface area (Å²) in [7, 11) is 0. The Balaban J connectivity index is 1.47. The van der Waals surface area contributed by atoms with Gasteiger partial charge in [-0.05, 0) is 43.8 Å². The highest BCUT2D eigenvalue weighted by molar-refractivity contribution is 7.09. The summed E-state index contributed by atoms with van der Waals surface area (Å²) in [5.74, 6) is 0.861. The van der Waals surface area contributed by atoms with Crippen LogP contribution in [0.4, 0.5) is 0 Å². The molecular formula is C16H20N2S. The maximum atomic E-state index is 4.15. The average molecular weight is 272 g/mol. The van der Waals surface area contributed by atoms with Gasteiger partial charge in [-0.25, -0.2) is 0 Å². The molecule has 0 spiro atoms. The van der Waals surface area contributed by atoms with Crippen LogP contribution in [0, 0.1) is 5.92 Å². The lowest BCUT2D eigenvalue weighted by atomic mass is 9.90. The van der Waals surface area contributed by atoms with E-state index in [1.165, 1.54) is 42.8 Å². The van der Waals surface area contributed by atoms with E-state index < -0.39 is 0 Å². The van der Waals surface area contributed by atoms with Crippen LogP contribution < -0.4 is 0 Å². The fraction of sp³-hybridized carbons (Fsp3) is 0.438. The normalized spacial score (nSPS) is 17.7. The quantitative estimate of drug-likeness (QED) is 0.845. The van der Waals surface area contributed by atoms with Crippen molar-refractivity contribution in [2.75, 3.05) is 13.1 Å². The van der Waals surface area contributed by atoms with Crippen molar-refractivity contribution in [1.82, 2.24) is 9.88 Å². The van der Waals surface area contributed by atoms with Gasteiger partial charge < -0.3 is 0 Å². The smallest absolute Gasteiger partial charge is 0.0794 e. The van der Waals surface area contributed by atoms with Crippen LogP contribution in [0.1, 0.15) is 23.3 Å². The zero-order valence-corrected chi connectivity index (χ0v) is 12.0. The maximum Gasteiger partial charge on any atom is 0.0794 e. The number of thiazole rings is 1. The molecule has 1 aliphatic heterocycles. The molecule has 0 N–H and O–H groups in total. The Labute approximate surface area is 119 Å². The van der Waals surface area contributed by atoms with E-state index in [0.717, 1.165) is 12.5 Å². The molecule has 1 saturated heterocycles. The van der Waals surface area contributed by atoms with E-state index in [2.05, 4.69) is 40.2 Å². The van der Waals surface area contributed by atoms with E-state index in [1.807, 2.05) is 11.7 Å². The van der Waals surface area contributed by atoms with E-state index >= 15 is 0 Å². The number of benzene rings is 1. The lowest BCUT2D eigenvalue weighted by Gasteiger charge is -2.31. The number of rotatable bonds is 4. The van der Waals surface area contributed by atoms with Gasteiger partial charge in [0, 0.05) is 17.6 Å². The molecule has 3 rings (SSSR count). The second kappa shape index (κ2) is 6.31. The second-order valence-electron chi connectivity index (χ2n) is 5.38. The van der Waals surface area contributed by atoms with Crippen LogP contribution in [-0.4, -0.2) is 23.0 Å². The van der Waals surface area contributed by atoms with Gasteiger partial charge in [-0.3, -0.25) is 9.88 Å².